The minimum Gasteiger partial charge on any atom is -0.317 e. The first-order chi connectivity index (χ1) is 9.89. The number of nitrogens with zero attached hydrogens (tertiary/aromatic N) is 2. The fraction of sp³-hybridized carbons (Fsp3) is 0.571. The Morgan fingerprint density at radius 3 is 2.48 bits per heavy atom. The Hall–Kier alpha value is -0.660. The summed E-state index contributed by atoms with van der Waals surface area (Å²) in [6.45, 7) is 4.48. The van der Waals surface area contributed by atoms with E-state index in [-0.39, 0.29) is 6.54 Å². The molecule has 0 heterocycles. The number of hydrogen-bond acceptors (Lipinski definition) is 3. The van der Waals surface area contributed by atoms with E-state index in [1.54, 1.807) is 20.2 Å². The van der Waals surface area contributed by atoms with E-state index in [9.17, 15) is 8.42 Å². The standard InChI is InChI=1S/C14H24ClN3O2S/c1-4-16-10-7-11-17(2)21(19,20)18(3)12-13-8-5-6-9-14(13)15/h5-6,8-9,16H,4,7,10-12H2,1-3H3. The fourth-order valence-electron chi connectivity index (χ4n) is 1.90. The molecule has 0 atom stereocenters. The third-order valence-electron chi connectivity index (χ3n) is 3.22. The van der Waals surface area contributed by atoms with Crippen molar-refractivity contribution in [3.8, 4) is 0 Å². The van der Waals surface area contributed by atoms with E-state index in [0.29, 0.717) is 11.6 Å². The van der Waals surface area contributed by atoms with E-state index in [1.165, 1.54) is 8.61 Å². The lowest BCUT2D eigenvalue weighted by Crippen LogP contribution is -2.40. The van der Waals surface area contributed by atoms with Crippen LogP contribution in [0.4, 0.5) is 0 Å². The molecule has 1 rings (SSSR count). The van der Waals surface area contributed by atoms with Crippen LogP contribution >= 0.6 is 11.6 Å². The molecule has 0 aliphatic carbocycles. The number of nitrogens with one attached hydrogen (secondary N) is 1. The minimum absolute atomic E-state index is 0.263. The Bertz CT molecular complexity index is 537. The Morgan fingerprint density at radius 1 is 1.19 bits per heavy atom. The van der Waals surface area contributed by atoms with Gasteiger partial charge in [-0.2, -0.15) is 17.0 Å². The molecule has 0 saturated heterocycles. The lowest BCUT2D eigenvalue weighted by Gasteiger charge is -2.24. The molecule has 120 valence electrons. The first-order valence-corrected chi connectivity index (χ1v) is 8.78. The number of halogens is 1. The quantitative estimate of drug-likeness (QED) is 0.703. The van der Waals surface area contributed by atoms with Gasteiger partial charge in [-0.15, -0.1) is 0 Å². The molecule has 0 saturated carbocycles. The van der Waals surface area contributed by atoms with Gasteiger partial charge in [0.1, 0.15) is 0 Å². The molecule has 21 heavy (non-hydrogen) atoms. The van der Waals surface area contributed by atoms with Crippen LogP contribution in [0.2, 0.25) is 5.02 Å². The van der Waals surface area contributed by atoms with Crippen LogP contribution in [0.15, 0.2) is 24.3 Å². The highest BCUT2D eigenvalue weighted by Crippen LogP contribution is 2.18. The summed E-state index contributed by atoms with van der Waals surface area (Å²) in [6, 6.07) is 7.27. The average molecular weight is 334 g/mol. The lowest BCUT2D eigenvalue weighted by atomic mass is 10.2. The number of rotatable bonds is 9. The zero-order chi connectivity index (χ0) is 15.9. The summed E-state index contributed by atoms with van der Waals surface area (Å²) < 4.78 is 27.5. The smallest absolute Gasteiger partial charge is 0.281 e. The van der Waals surface area contributed by atoms with Crippen molar-refractivity contribution in [3.63, 3.8) is 0 Å². The van der Waals surface area contributed by atoms with Gasteiger partial charge in [0, 0.05) is 32.2 Å². The molecule has 0 unspecified atom stereocenters. The molecule has 5 nitrogen and oxygen atoms in total. The topological polar surface area (TPSA) is 52.7 Å². The fourth-order valence-corrected chi connectivity index (χ4v) is 3.24. The van der Waals surface area contributed by atoms with Crippen LogP contribution < -0.4 is 5.32 Å². The van der Waals surface area contributed by atoms with E-state index in [1.807, 2.05) is 25.1 Å². The molecule has 1 aromatic carbocycles. The highest BCUT2D eigenvalue weighted by Gasteiger charge is 2.23. The SMILES string of the molecule is CCNCCCN(C)S(=O)(=O)N(C)Cc1ccccc1Cl. The van der Waals surface area contributed by atoms with E-state index < -0.39 is 10.2 Å². The molecule has 0 aromatic heterocycles. The first kappa shape index (κ1) is 18.4. The van der Waals surface area contributed by atoms with Crippen LogP contribution in [0.1, 0.15) is 18.9 Å². The monoisotopic (exact) mass is 333 g/mol. The van der Waals surface area contributed by atoms with Crippen LogP contribution in [0.25, 0.3) is 0 Å². The third-order valence-corrected chi connectivity index (χ3v) is 5.47. The minimum atomic E-state index is -3.46. The predicted molar refractivity (Wildman–Crippen MR) is 87.6 cm³/mol. The van der Waals surface area contributed by atoms with Gasteiger partial charge >= 0.3 is 0 Å². The Kier molecular flexibility index (Phi) is 7.62. The largest absolute Gasteiger partial charge is 0.317 e. The highest BCUT2D eigenvalue weighted by atomic mass is 35.5. The molecule has 0 aliphatic heterocycles. The molecule has 1 N–H and O–H groups in total. The zero-order valence-corrected chi connectivity index (χ0v) is 14.4. The van der Waals surface area contributed by atoms with Gasteiger partial charge in [0.2, 0.25) is 0 Å². The van der Waals surface area contributed by atoms with Crippen LogP contribution in [0.5, 0.6) is 0 Å². The Labute approximate surface area is 133 Å². The summed E-state index contributed by atoms with van der Waals surface area (Å²) in [5.41, 5.74) is 0.797. The molecular weight excluding hydrogens is 310 g/mol. The summed E-state index contributed by atoms with van der Waals surface area (Å²) in [6.07, 6.45) is 0.781. The van der Waals surface area contributed by atoms with Crippen LogP contribution in [-0.2, 0) is 16.8 Å². The second-order valence-corrected chi connectivity index (χ2v) is 7.43. The second-order valence-electron chi connectivity index (χ2n) is 4.88. The van der Waals surface area contributed by atoms with Gasteiger partial charge < -0.3 is 5.32 Å². The molecule has 0 amide bonds. The van der Waals surface area contributed by atoms with Crippen molar-refractivity contribution in [2.75, 3.05) is 33.7 Å². The van der Waals surface area contributed by atoms with Crippen LogP contribution in [0.3, 0.4) is 0 Å². The van der Waals surface area contributed by atoms with Gasteiger partial charge in [-0.3, -0.25) is 0 Å². The maximum absolute atomic E-state index is 12.4. The molecular formula is C14H24ClN3O2S. The summed E-state index contributed by atoms with van der Waals surface area (Å²) in [5, 5.41) is 3.76. The van der Waals surface area contributed by atoms with Gasteiger partial charge in [-0.1, -0.05) is 36.7 Å². The molecule has 0 fully saturated rings. The van der Waals surface area contributed by atoms with Crippen molar-refractivity contribution in [1.29, 1.82) is 0 Å². The zero-order valence-electron chi connectivity index (χ0n) is 12.8. The predicted octanol–water partition coefficient (Wildman–Crippen LogP) is 1.95. The van der Waals surface area contributed by atoms with Gasteiger partial charge in [0.05, 0.1) is 0 Å². The molecule has 0 bridgehead atoms. The summed E-state index contributed by atoms with van der Waals surface area (Å²) >= 11 is 6.07. The molecule has 0 radical (unpaired) electrons. The molecule has 0 spiro atoms. The molecule has 7 heteroatoms. The van der Waals surface area contributed by atoms with E-state index in [0.717, 1.165) is 25.1 Å². The summed E-state index contributed by atoms with van der Waals surface area (Å²) in [7, 11) is -0.290. The Balaban J connectivity index is 2.62. The maximum Gasteiger partial charge on any atom is 0.281 e. The van der Waals surface area contributed by atoms with Gasteiger partial charge in [-0.05, 0) is 31.1 Å². The number of benzene rings is 1. The van der Waals surface area contributed by atoms with Crippen molar-refractivity contribution >= 4 is 21.8 Å². The Morgan fingerprint density at radius 2 is 1.86 bits per heavy atom. The van der Waals surface area contributed by atoms with E-state index in [4.69, 9.17) is 11.6 Å². The van der Waals surface area contributed by atoms with Crippen molar-refractivity contribution in [1.82, 2.24) is 13.9 Å². The number of hydrogen-bond donors (Lipinski definition) is 1. The normalized spacial score (nSPS) is 12.3. The van der Waals surface area contributed by atoms with Crippen LogP contribution in [0, 0.1) is 0 Å². The average Bonchev–Trinajstić information content (AvgIpc) is 2.45. The van der Waals surface area contributed by atoms with E-state index >= 15 is 0 Å². The lowest BCUT2D eigenvalue weighted by molar-refractivity contribution is 0.384. The van der Waals surface area contributed by atoms with Crippen LogP contribution in [-0.4, -0.2) is 50.8 Å². The van der Waals surface area contributed by atoms with Crippen molar-refractivity contribution in [2.45, 2.75) is 19.9 Å². The molecule has 1 aromatic rings. The maximum atomic E-state index is 12.4. The van der Waals surface area contributed by atoms with Crippen molar-refractivity contribution in [3.05, 3.63) is 34.9 Å². The molecule has 0 aliphatic rings. The van der Waals surface area contributed by atoms with Crippen molar-refractivity contribution < 1.29 is 8.42 Å². The van der Waals surface area contributed by atoms with Crippen molar-refractivity contribution in [2.24, 2.45) is 0 Å². The van der Waals surface area contributed by atoms with E-state index in [2.05, 4.69) is 5.32 Å². The first-order valence-electron chi connectivity index (χ1n) is 7.01. The summed E-state index contributed by atoms with van der Waals surface area (Å²) in [4.78, 5) is 0. The highest BCUT2D eigenvalue weighted by molar-refractivity contribution is 7.86. The third kappa shape index (κ3) is 5.56. The van der Waals surface area contributed by atoms with Gasteiger partial charge in [0.25, 0.3) is 10.2 Å². The second kappa shape index (κ2) is 8.70. The summed E-state index contributed by atoms with van der Waals surface area (Å²) in [5.74, 6) is 0. The van der Waals surface area contributed by atoms with Gasteiger partial charge in [0.15, 0.2) is 0 Å². The van der Waals surface area contributed by atoms with Gasteiger partial charge in [-0.25, -0.2) is 0 Å².